The molecule has 0 spiro atoms. The number of morpholine rings is 1. The second-order valence-electron chi connectivity index (χ2n) is 7.85. The van der Waals surface area contributed by atoms with Crippen LogP contribution in [0.25, 0.3) is 23.4 Å². The first-order valence-electron chi connectivity index (χ1n) is 10.8. The molecule has 4 N–H and O–H groups in total. The maximum absolute atomic E-state index is 11.5. The normalized spacial score (nSPS) is 14.8. The van der Waals surface area contributed by atoms with Crippen LogP contribution in [0.4, 0.5) is 0 Å². The predicted molar refractivity (Wildman–Crippen MR) is 125 cm³/mol. The van der Waals surface area contributed by atoms with Gasteiger partial charge in [0, 0.05) is 49.2 Å². The van der Waals surface area contributed by atoms with E-state index in [0.717, 1.165) is 55.4 Å². The van der Waals surface area contributed by atoms with Gasteiger partial charge in [0.15, 0.2) is 0 Å². The Labute approximate surface area is 187 Å². The molecule has 166 valence electrons. The molecule has 1 aromatic carbocycles. The number of H-pyrrole nitrogens is 1. The number of pyridine rings is 1. The first-order valence-corrected chi connectivity index (χ1v) is 10.8. The summed E-state index contributed by atoms with van der Waals surface area (Å²) in [7, 11) is 0. The number of carboxylic acids is 1. The minimum atomic E-state index is -0.956. The van der Waals surface area contributed by atoms with Crippen molar-refractivity contribution in [3.05, 3.63) is 76.7 Å². The Hall–Kier alpha value is -3.26. The van der Waals surface area contributed by atoms with Crippen LogP contribution >= 0.6 is 0 Å². The Kier molecular flexibility index (Phi) is 7.11. The molecule has 32 heavy (non-hydrogen) atoms. The molecule has 3 heterocycles. The summed E-state index contributed by atoms with van der Waals surface area (Å²) < 4.78 is 5.41. The van der Waals surface area contributed by atoms with Gasteiger partial charge in [-0.2, -0.15) is 0 Å². The van der Waals surface area contributed by atoms with Gasteiger partial charge in [-0.3, -0.25) is 9.88 Å². The van der Waals surface area contributed by atoms with Gasteiger partial charge in [-0.05, 0) is 41.9 Å². The highest BCUT2D eigenvalue weighted by Crippen LogP contribution is 2.23. The van der Waals surface area contributed by atoms with Crippen LogP contribution in [0.3, 0.4) is 0 Å². The molecular formula is C25H28N4O3. The molecule has 7 heteroatoms. The number of hydrogen-bond donors (Lipinski definition) is 3. The number of rotatable bonds is 8. The minimum Gasteiger partial charge on any atom is -0.478 e. The van der Waals surface area contributed by atoms with Crippen LogP contribution in [0.1, 0.15) is 32.9 Å². The van der Waals surface area contributed by atoms with Crippen molar-refractivity contribution < 1.29 is 14.6 Å². The number of hydrogen-bond acceptors (Lipinski definition) is 5. The third-order valence-corrected chi connectivity index (χ3v) is 5.55. The maximum Gasteiger partial charge on any atom is 0.337 e. The number of nitrogens with zero attached hydrogens (tertiary/aromatic N) is 2. The smallest absolute Gasteiger partial charge is 0.337 e. The number of carboxylic acid groups (broad SMARTS) is 1. The summed E-state index contributed by atoms with van der Waals surface area (Å²) in [6, 6.07) is 14.0. The molecule has 0 unspecified atom stereocenters. The van der Waals surface area contributed by atoms with E-state index in [-0.39, 0.29) is 5.56 Å². The maximum atomic E-state index is 11.5. The number of aromatic amines is 1. The standard InChI is InChI=1S/C25H28N4O3/c26-9-7-23-22(25(30)31)16-24(28-23)20-8-10-27-21(15-20)6-5-18-1-3-19(4-2-18)17-29-11-13-32-14-12-29/h1-6,8,10,15-16,28H,7,9,11-14,17,26H2,(H,30,31). The summed E-state index contributed by atoms with van der Waals surface area (Å²) in [5.74, 6) is -0.956. The lowest BCUT2D eigenvalue weighted by Gasteiger charge is -2.26. The van der Waals surface area contributed by atoms with Gasteiger partial charge in [-0.1, -0.05) is 30.3 Å². The zero-order valence-corrected chi connectivity index (χ0v) is 18.0. The van der Waals surface area contributed by atoms with Gasteiger partial charge < -0.3 is 20.6 Å². The Morgan fingerprint density at radius 3 is 2.66 bits per heavy atom. The molecule has 7 nitrogen and oxygen atoms in total. The second kappa shape index (κ2) is 10.4. The second-order valence-corrected chi connectivity index (χ2v) is 7.85. The number of nitrogens with two attached hydrogens (primary N) is 1. The molecule has 1 saturated heterocycles. The van der Waals surface area contributed by atoms with Gasteiger partial charge in [0.1, 0.15) is 0 Å². The van der Waals surface area contributed by atoms with Crippen LogP contribution < -0.4 is 5.73 Å². The Morgan fingerprint density at radius 1 is 1.16 bits per heavy atom. The fourth-order valence-electron chi connectivity index (χ4n) is 3.83. The summed E-state index contributed by atoms with van der Waals surface area (Å²) in [5, 5.41) is 9.44. The highest BCUT2D eigenvalue weighted by molar-refractivity contribution is 5.91. The first kappa shape index (κ1) is 22.0. The Balaban J connectivity index is 1.46. The van der Waals surface area contributed by atoms with E-state index in [2.05, 4.69) is 39.1 Å². The lowest BCUT2D eigenvalue weighted by Crippen LogP contribution is -2.35. The SMILES string of the molecule is NCCc1[nH]c(-c2ccnc(C=Cc3ccc(CN4CCOCC4)cc3)c2)cc1C(=O)O. The molecule has 0 saturated carbocycles. The predicted octanol–water partition coefficient (Wildman–Crippen LogP) is 3.28. The van der Waals surface area contributed by atoms with Crippen molar-refractivity contribution >= 4 is 18.1 Å². The van der Waals surface area contributed by atoms with Gasteiger partial charge >= 0.3 is 5.97 Å². The van der Waals surface area contributed by atoms with Crippen molar-refractivity contribution in [1.82, 2.24) is 14.9 Å². The summed E-state index contributed by atoms with van der Waals surface area (Å²) in [5.41, 5.74) is 11.3. The molecule has 0 radical (unpaired) electrons. The molecule has 4 rings (SSSR count). The van der Waals surface area contributed by atoms with Crippen molar-refractivity contribution in [2.24, 2.45) is 5.73 Å². The van der Waals surface area contributed by atoms with Crippen LogP contribution in [-0.2, 0) is 17.7 Å². The highest BCUT2D eigenvalue weighted by atomic mass is 16.5. The zero-order chi connectivity index (χ0) is 22.3. The van der Waals surface area contributed by atoms with Crippen molar-refractivity contribution in [2.75, 3.05) is 32.8 Å². The number of benzene rings is 1. The lowest BCUT2D eigenvalue weighted by atomic mass is 10.1. The first-order chi connectivity index (χ1) is 15.6. The fraction of sp³-hybridized carbons (Fsp3) is 0.280. The number of aromatic nitrogens is 2. The minimum absolute atomic E-state index is 0.261. The monoisotopic (exact) mass is 432 g/mol. The molecule has 1 aliphatic rings. The average Bonchev–Trinajstić information content (AvgIpc) is 3.24. The van der Waals surface area contributed by atoms with E-state index in [1.54, 1.807) is 12.3 Å². The molecule has 0 aliphatic carbocycles. The van der Waals surface area contributed by atoms with Crippen LogP contribution in [-0.4, -0.2) is 58.8 Å². The van der Waals surface area contributed by atoms with Crippen LogP contribution in [0.5, 0.6) is 0 Å². The quantitative estimate of drug-likeness (QED) is 0.505. The molecular weight excluding hydrogens is 404 g/mol. The summed E-state index contributed by atoms with van der Waals surface area (Å²) in [4.78, 5) is 21.5. The van der Waals surface area contributed by atoms with Crippen molar-refractivity contribution in [3.8, 4) is 11.3 Å². The van der Waals surface area contributed by atoms with Crippen molar-refractivity contribution in [1.29, 1.82) is 0 Å². The molecule has 2 aromatic heterocycles. The average molecular weight is 433 g/mol. The summed E-state index contributed by atoms with van der Waals surface area (Å²) in [6.07, 6.45) is 6.20. The highest BCUT2D eigenvalue weighted by Gasteiger charge is 2.15. The molecule has 0 amide bonds. The molecule has 1 fully saturated rings. The van der Waals surface area contributed by atoms with Gasteiger partial charge in [0.25, 0.3) is 0 Å². The molecule has 3 aromatic rings. The topological polar surface area (TPSA) is 104 Å². The number of aromatic carboxylic acids is 1. The number of ether oxygens (including phenoxy) is 1. The lowest BCUT2D eigenvalue weighted by molar-refractivity contribution is 0.0342. The molecule has 0 bridgehead atoms. The van der Waals surface area contributed by atoms with E-state index in [1.807, 2.05) is 24.3 Å². The largest absolute Gasteiger partial charge is 0.478 e. The van der Waals surface area contributed by atoms with Crippen molar-refractivity contribution in [2.45, 2.75) is 13.0 Å². The number of carbonyl (C=O) groups is 1. The van der Waals surface area contributed by atoms with E-state index in [4.69, 9.17) is 10.5 Å². The van der Waals surface area contributed by atoms with Gasteiger partial charge in [-0.15, -0.1) is 0 Å². The molecule has 0 atom stereocenters. The molecule has 1 aliphatic heterocycles. The third kappa shape index (κ3) is 5.50. The summed E-state index contributed by atoms with van der Waals surface area (Å²) in [6.45, 7) is 4.90. The van der Waals surface area contributed by atoms with E-state index >= 15 is 0 Å². The fourth-order valence-corrected chi connectivity index (χ4v) is 3.83. The van der Waals surface area contributed by atoms with Crippen molar-refractivity contribution in [3.63, 3.8) is 0 Å². The van der Waals surface area contributed by atoms with E-state index in [1.165, 1.54) is 5.56 Å². The summed E-state index contributed by atoms with van der Waals surface area (Å²) >= 11 is 0. The van der Waals surface area contributed by atoms with Gasteiger partial charge in [-0.25, -0.2) is 4.79 Å². The van der Waals surface area contributed by atoms with Crippen LogP contribution in [0, 0.1) is 0 Å². The van der Waals surface area contributed by atoms with Crippen LogP contribution in [0.15, 0.2) is 48.7 Å². The Morgan fingerprint density at radius 2 is 1.94 bits per heavy atom. The Bertz CT molecular complexity index is 1080. The van der Waals surface area contributed by atoms with Crippen LogP contribution in [0.2, 0.25) is 0 Å². The number of nitrogens with one attached hydrogen (secondary N) is 1. The van der Waals surface area contributed by atoms with Gasteiger partial charge in [0.05, 0.1) is 24.5 Å². The van der Waals surface area contributed by atoms with E-state index < -0.39 is 5.97 Å². The van der Waals surface area contributed by atoms with Gasteiger partial charge in [0.2, 0.25) is 0 Å². The van der Waals surface area contributed by atoms with E-state index in [9.17, 15) is 9.90 Å². The zero-order valence-electron chi connectivity index (χ0n) is 18.0. The third-order valence-electron chi connectivity index (χ3n) is 5.55. The van der Waals surface area contributed by atoms with E-state index in [0.29, 0.717) is 18.7 Å².